The van der Waals surface area contributed by atoms with Gasteiger partial charge in [0.2, 0.25) is 0 Å². The van der Waals surface area contributed by atoms with E-state index in [1.54, 1.807) is 13.0 Å². The summed E-state index contributed by atoms with van der Waals surface area (Å²) in [6.45, 7) is 5.15. The van der Waals surface area contributed by atoms with Crippen molar-refractivity contribution < 1.29 is 13.9 Å². The third kappa shape index (κ3) is 3.06. The molecule has 146 valence electrons. The summed E-state index contributed by atoms with van der Waals surface area (Å²) in [6.07, 6.45) is 1.43. The maximum absolute atomic E-state index is 13.9. The first-order chi connectivity index (χ1) is 13.3. The summed E-state index contributed by atoms with van der Waals surface area (Å²) in [5.41, 5.74) is 0.0886. The van der Waals surface area contributed by atoms with Crippen LogP contribution in [0.15, 0.2) is 57.8 Å². The summed E-state index contributed by atoms with van der Waals surface area (Å²) in [6, 6.07) is 5.66. The van der Waals surface area contributed by atoms with E-state index >= 15 is 0 Å². The molecule has 7 nitrogen and oxygen atoms in total. The van der Waals surface area contributed by atoms with Crippen molar-refractivity contribution in [3.05, 3.63) is 86.0 Å². The van der Waals surface area contributed by atoms with Crippen molar-refractivity contribution in [2.24, 2.45) is 14.1 Å². The van der Waals surface area contributed by atoms with Gasteiger partial charge in [-0.15, -0.1) is 0 Å². The van der Waals surface area contributed by atoms with Crippen molar-refractivity contribution in [3.8, 4) is 0 Å². The van der Waals surface area contributed by atoms with E-state index in [2.05, 4.69) is 11.9 Å². The first-order valence-corrected chi connectivity index (χ1v) is 8.59. The zero-order chi connectivity index (χ0) is 20.6. The average molecular weight is 385 g/mol. The number of rotatable bonds is 4. The van der Waals surface area contributed by atoms with Gasteiger partial charge in [-0.3, -0.25) is 13.9 Å². The van der Waals surface area contributed by atoms with Crippen molar-refractivity contribution in [3.63, 3.8) is 0 Å². The highest BCUT2D eigenvalue weighted by molar-refractivity contribution is 5.94. The summed E-state index contributed by atoms with van der Waals surface area (Å²) >= 11 is 0. The molecule has 28 heavy (non-hydrogen) atoms. The van der Waals surface area contributed by atoms with E-state index in [9.17, 15) is 18.8 Å². The van der Waals surface area contributed by atoms with Gasteiger partial charge < -0.3 is 10.1 Å². The van der Waals surface area contributed by atoms with Gasteiger partial charge in [-0.2, -0.15) is 0 Å². The number of hydrogen-bond donors (Lipinski definition) is 1. The Kier molecular flexibility index (Phi) is 5.04. The molecular formula is C20H20FN3O4. The molecule has 1 N–H and O–H groups in total. The van der Waals surface area contributed by atoms with Crippen LogP contribution in [0.2, 0.25) is 0 Å². The first kappa shape index (κ1) is 19.3. The minimum Gasteiger partial charge on any atom is -0.458 e. The fraction of sp³-hybridized carbons (Fsp3) is 0.250. The third-order valence-electron chi connectivity index (χ3n) is 4.72. The number of ether oxygens (including phenoxy) is 1. The van der Waals surface area contributed by atoms with Crippen LogP contribution in [0.1, 0.15) is 24.0 Å². The quantitative estimate of drug-likeness (QED) is 0.641. The Balaban J connectivity index is 2.35. The van der Waals surface area contributed by atoms with Crippen LogP contribution in [-0.2, 0) is 23.6 Å². The molecule has 1 aliphatic rings. The summed E-state index contributed by atoms with van der Waals surface area (Å²) < 4.78 is 21.4. The number of benzene rings is 1. The molecular weight excluding hydrogens is 365 g/mol. The van der Waals surface area contributed by atoms with Gasteiger partial charge >= 0.3 is 11.7 Å². The molecule has 0 radical (unpaired) electrons. The van der Waals surface area contributed by atoms with Gasteiger partial charge in [0.1, 0.15) is 18.2 Å². The molecule has 1 aliphatic heterocycles. The van der Waals surface area contributed by atoms with E-state index in [4.69, 9.17) is 4.74 Å². The number of hydrogen-bond acceptors (Lipinski definition) is 5. The number of nitrogens with zero attached hydrogens (tertiary/aromatic N) is 2. The number of carbonyl (C=O) groups excluding carboxylic acids is 1. The van der Waals surface area contributed by atoms with Crippen LogP contribution in [0.4, 0.5) is 10.2 Å². The van der Waals surface area contributed by atoms with Crippen LogP contribution >= 0.6 is 0 Å². The molecule has 0 fully saturated rings. The SMILES string of the molecule is C=CCOC(=O)C1=C(C)Nc2c(c(=O)n(C)c(=O)n2C)C1c1cccc(F)c1. The Hall–Kier alpha value is -3.42. The molecule has 0 bridgehead atoms. The van der Waals surface area contributed by atoms with Crippen LogP contribution in [0.25, 0.3) is 0 Å². The fourth-order valence-electron chi connectivity index (χ4n) is 3.39. The largest absolute Gasteiger partial charge is 0.458 e. The van der Waals surface area contributed by atoms with Crippen molar-refractivity contribution in [2.45, 2.75) is 12.8 Å². The van der Waals surface area contributed by atoms with Crippen LogP contribution < -0.4 is 16.6 Å². The van der Waals surface area contributed by atoms with E-state index in [0.29, 0.717) is 11.3 Å². The van der Waals surface area contributed by atoms with Gasteiger partial charge in [-0.25, -0.2) is 14.0 Å². The molecule has 1 unspecified atom stereocenters. The zero-order valence-corrected chi connectivity index (χ0v) is 15.8. The molecule has 8 heteroatoms. The van der Waals surface area contributed by atoms with Gasteiger partial charge in [-0.1, -0.05) is 24.8 Å². The first-order valence-electron chi connectivity index (χ1n) is 8.59. The van der Waals surface area contributed by atoms with E-state index in [1.807, 2.05) is 0 Å². The molecule has 0 saturated heterocycles. The normalized spacial score (nSPS) is 15.6. The average Bonchev–Trinajstić information content (AvgIpc) is 2.67. The predicted octanol–water partition coefficient (Wildman–Crippen LogP) is 1.78. The summed E-state index contributed by atoms with van der Waals surface area (Å²) in [5.74, 6) is -1.79. The molecule has 1 aromatic heterocycles. The molecule has 1 atom stereocenters. The maximum atomic E-state index is 13.9. The van der Waals surface area contributed by atoms with E-state index in [1.165, 1.54) is 42.9 Å². The lowest BCUT2D eigenvalue weighted by Crippen LogP contribution is -2.43. The Morgan fingerprint density at radius 1 is 1.32 bits per heavy atom. The van der Waals surface area contributed by atoms with Crippen LogP contribution in [-0.4, -0.2) is 21.7 Å². The molecule has 3 rings (SSSR count). The molecule has 1 aromatic carbocycles. The lowest BCUT2D eigenvalue weighted by Gasteiger charge is -2.30. The molecule has 2 aromatic rings. The Morgan fingerprint density at radius 2 is 2.04 bits per heavy atom. The number of aromatic nitrogens is 2. The Morgan fingerprint density at radius 3 is 2.68 bits per heavy atom. The molecule has 0 spiro atoms. The van der Waals surface area contributed by atoms with E-state index < -0.39 is 29.0 Å². The summed E-state index contributed by atoms with van der Waals surface area (Å²) in [7, 11) is 2.87. The van der Waals surface area contributed by atoms with Crippen molar-refractivity contribution in [2.75, 3.05) is 11.9 Å². The van der Waals surface area contributed by atoms with Crippen LogP contribution in [0.3, 0.4) is 0 Å². The van der Waals surface area contributed by atoms with Gasteiger partial charge in [0.15, 0.2) is 0 Å². The topological polar surface area (TPSA) is 82.3 Å². The number of halogens is 1. The lowest BCUT2D eigenvalue weighted by molar-refractivity contribution is -0.138. The third-order valence-corrected chi connectivity index (χ3v) is 4.72. The summed E-state index contributed by atoms with van der Waals surface area (Å²) in [5, 5.41) is 2.97. The highest BCUT2D eigenvalue weighted by atomic mass is 19.1. The minimum atomic E-state index is -0.894. The zero-order valence-electron chi connectivity index (χ0n) is 15.8. The number of esters is 1. The minimum absolute atomic E-state index is 0.0103. The second-order valence-corrected chi connectivity index (χ2v) is 6.51. The second-order valence-electron chi connectivity index (χ2n) is 6.51. The highest BCUT2D eigenvalue weighted by Gasteiger charge is 2.37. The predicted molar refractivity (Wildman–Crippen MR) is 103 cm³/mol. The van der Waals surface area contributed by atoms with Crippen molar-refractivity contribution >= 4 is 11.8 Å². The molecule has 2 heterocycles. The van der Waals surface area contributed by atoms with Gasteiger partial charge in [0.05, 0.1) is 17.1 Å². The standard InChI is InChI=1S/C20H20FN3O4/c1-5-9-28-19(26)14-11(2)22-17-16(18(25)24(4)20(27)23(17)3)15(14)12-7-6-8-13(21)10-12/h5-8,10,15,22H,1,9H2,2-4H3. The number of allylic oxidation sites excluding steroid dienone is 1. The van der Waals surface area contributed by atoms with Gasteiger partial charge in [0.25, 0.3) is 5.56 Å². The molecule has 0 amide bonds. The van der Waals surface area contributed by atoms with Crippen molar-refractivity contribution in [1.29, 1.82) is 0 Å². The number of carbonyl (C=O) groups is 1. The Bertz CT molecular complexity index is 1130. The van der Waals surface area contributed by atoms with Crippen molar-refractivity contribution in [1.82, 2.24) is 9.13 Å². The maximum Gasteiger partial charge on any atom is 0.337 e. The second kappa shape index (κ2) is 7.30. The van der Waals surface area contributed by atoms with Gasteiger partial charge in [0, 0.05) is 19.8 Å². The summed E-state index contributed by atoms with van der Waals surface area (Å²) in [4.78, 5) is 38.1. The monoisotopic (exact) mass is 385 g/mol. The van der Waals surface area contributed by atoms with Crippen LogP contribution in [0, 0.1) is 5.82 Å². The number of anilines is 1. The van der Waals surface area contributed by atoms with E-state index in [0.717, 1.165) is 4.57 Å². The lowest BCUT2D eigenvalue weighted by atomic mass is 9.82. The van der Waals surface area contributed by atoms with Crippen LogP contribution in [0.5, 0.6) is 0 Å². The molecule has 0 saturated carbocycles. The highest BCUT2D eigenvalue weighted by Crippen LogP contribution is 2.40. The fourth-order valence-corrected chi connectivity index (χ4v) is 3.39. The smallest absolute Gasteiger partial charge is 0.337 e. The molecule has 0 aliphatic carbocycles. The number of nitrogens with one attached hydrogen (secondary N) is 1. The number of fused-ring (bicyclic) bond motifs is 1. The van der Waals surface area contributed by atoms with Gasteiger partial charge in [-0.05, 0) is 24.6 Å². The van der Waals surface area contributed by atoms with E-state index in [-0.39, 0.29) is 23.6 Å². The Labute approximate surface area is 160 Å².